The largest absolute Gasteiger partial charge is 0.355 e. The molecule has 7 nitrogen and oxygen atoms in total. The van der Waals surface area contributed by atoms with Gasteiger partial charge in [-0.3, -0.25) is 14.3 Å². The summed E-state index contributed by atoms with van der Waals surface area (Å²) >= 11 is 0. The molecule has 0 unspecified atom stereocenters. The van der Waals surface area contributed by atoms with Crippen LogP contribution in [0, 0.1) is 5.92 Å². The van der Waals surface area contributed by atoms with Gasteiger partial charge in [0.05, 0.1) is 11.4 Å². The molecule has 1 aromatic carbocycles. The summed E-state index contributed by atoms with van der Waals surface area (Å²) in [5.74, 6) is -0.470. The SMILES string of the molecule is CC(=O)Nc1cccc(NS(=O)(=O)CCNC(=O)C2CCCCC2)c1. The number of anilines is 2. The van der Waals surface area contributed by atoms with Crippen molar-refractivity contribution in [2.24, 2.45) is 5.92 Å². The van der Waals surface area contributed by atoms with Crippen molar-refractivity contribution in [2.75, 3.05) is 22.3 Å². The van der Waals surface area contributed by atoms with Crippen LogP contribution in [0.1, 0.15) is 39.0 Å². The van der Waals surface area contributed by atoms with E-state index in [9.17, 15) is 18.0 Å². The Morgan fingerprint density at radius 2 is 1.80 bits per heavy atom. The van der Waals surface area contributed by atoms with Crippen LogP contribution < -0.4 is 15.4 Å². The highest BCUT2D eigenvalue weighted by Crippen LogP contribution is 2.23. The molecule has 3 N–H and O–H groups in total. The van der Waals surface area contributed by atoms with Gasteiger partial charge in [-0.05, 0) is 31.0 Å². The number of hydrogen-bond acceptors (Lipinski definition) is 4. The van der Waals surface area contributed by atoms with Gasteiger partial charge in [-0.15, -0.1) is 0 Å². The van der Waals surface area contributed by atoms with E-state index in [2.05, 4.69) is 15.4 Å². The minimum absolute atomic E-state index is 0.0127. The molecule has 8 heteroatoms. The molecule has 2 amide bonds. The average molecular weight is 367 g/mol. The lowest BCUT2D eigenvalue weighted by Crippen LogP contribution is -2.36. The number of carbonyl (C=O) groups is 2. The minimum atomic E-state index is -3.58. The van der Waals surface area contributed by atoms with E-state index in [-0.39, 0.29) is 30.0 Å². The highest BCUT2D eigenvalue weighted by Gasteiger charge is 2.21. The second-order valence-electron chi connectivity index (χ2n) is 6.31. The van der Waals surface area contributed by atoms with Gasteiger partial charge in [0, 0.05) is 25.1 Å². The first-order chi connectivity index (χ1) is 11.9. The highest BCUT2D eigenvalue weighted by molar-refractivity contribution is 7.92. The van der Waals surface area contributed by atoms with E-state index in [1.165, 1.54) is 13.3 Å². The van der Waals surface area contributed by atoms with Crippen LogP contribution >= 0.6 is 0 Å². The van der Waals surface area contributed by atoms with Crippen molar-refractivity contribution in [3.8, 4) is 0 Å². The second-order valence-corrected chi connectivity index (χ2v) is 8.15. The maximum Gasteiger partial charge on any atom is 0.234 e. The van der Waals surface area contributed by atoms with E-state index in [1.807, 2.05) is 0 Å². The normalized spacial score (nSPS) is 15.4. The third kappa shape index (κ3) is 6.74. The predicted molar refractivity (Wildman–Crippen MR) is 97.7 cm³/mol. The Hall–Kier alpha value is -2.09. The molecule has 0 atom stereocenters. The van der Waals surface area contributed by atoms with Gasteiger partial charge in [0.15, 0.2) is 0 Å². The molecule has 1 fully saturated rings. The lowest BCUT2D eigenvalue weighted by molar-refractivity contribution is -0.125. The van der Waals surface area contributed by atoms with Crippen molar-refractivity contribution < 1.29 is 18.0 Å². The summed E-state index contributed by atoms with van der Waals surface area (Å²) in [6, 6.07) is 6.46. The Bertz CT molecular complexity index is 712. The van der Waals surface area contributed by atoms with E-state index < -0.39 is 10.0 Å². The van der Waals surface area contributed by atoms with Crippen molar-refractivity contribution in [3.05, 3.63) is 24.3 Å². The monoisotopic (exact) mass is 367 g/mol. The average Bonchev–Trinajstić information content (AvgIpc) is 2.54. The lowest BCUT2D eigenvalue weighted by atomic mass is 9.89. The zero-order chi connectivity index (χ0) is 18.3. The van der Waals surface area contributed by atoms with Crippen molar-refractivity contribution in [1.29, 1.82) is 0 Å². The third-order valence-corrected chi connectivity index (χ3v) is 5.39. The predicted octanol–water partition coefficient (Wildman–Crippen LogP) is 2.08. The molecule has 0 aromatic heterocycles. The van der Waals surface area contributed by atoms with Crippen molar-refractivity contribution in [1.82, 2.24) is 5.32 Å². The van der Waals surface area contributed by atoms with Gasteiger partial charge in [-0.2, -0.15) is 0 Å². The van der Waals surface area contributed by atoms with E-state index >= 15 is 0 Å². The van der Waals surface area contributed by atoms with Gasteiger partial charge in [-0.1, -0.05) is 25.3 Å². The number of rotatable bonds is 7. The topological polar surface area (TPSA) is 104 Å². The fraction of sp³-hybridized carbons (Fsp3) is 0.529. The molecule has 1 aliphatic rings. The highest BCUT2D eigenvalue weighted by atomic mass is 32.2. The smallest absolute Gasteiger partial charge is 0.234 e. The summed E-state index contributed by atoms with van der Waals surface area (Å²) < 4.78 is 26.7. The van der Waals surface area contributed by atoms with Crippen LogP contribution in [0.2, 0.25) is 0 Å². The third-order valence-electron chi connectivity index (χ3n) is 4.10. The van der Waals surface area contributed by atoms with Crippen LogP contribution in [0.15, 0.2) is 24.3 Å². The van der Waals surface area contributed by atoms with Gasteiger partial charge >= 0.3 is 0 Å². The van der Waals surface area contributed by atoms with Gasteiger partial charge in [0.1, 0.15) is 0 Å². The van der Waals surface area contributed by atoms with Crippen LogP contribution in [-0.2, 0) is 19.6 Å². The van der Waals surface area contributed by atoms with Crippen molar-refractivity contribution >= 4 is 33.2 Å². The molecule has 1 aliphatic carbocycles. The van der Waals surface area contributed by atoms with E-state index in [0.717, 1.165) is 25.7 Å². The van der Waals surface area contributed by atoms with Gasteiger partial charge in [-0.25, -0.2) is 8.42 Å². The van der Waals surface area contributed by atoms with Gasteiger partial charge in [0.25, 0.3) is 0 Å². The Morgan fingerprint density at radius 1 is 1.12 bits per heavy atom. The number of hydrogen-bond donors (Lipinski definition) is 3. The number of carbonyl (C=O) groups excluding carboxylic acids is 2. The van der Waals surface area contributed by atoms with E-state index in [1.54, 1.807) is 24.3 Å². The molecule has 0 spiro atoms. The maximum atomic E-state index is 12.1. The molecule has 2 rings (SSSR count). The lowest BCUT2D eigenvalue weighted by Gasteiger charge is -2.20. The molecular formula is C17H25N3O4S. The fourth-order valence-corrected chi connectivity index (χ4v) is 3.87. The molecular weight excluding hydrogens is 342 g/mol. The summed E-state index contributed by atoms with van der Waals surface area (Å²) in [4.78, 5) is 23.1. The Balaban J connectivity index is 1.83. The maximum absolute atomic E-state index is 12.1. The van der Waals surface area contributed by atoms with Crippen LogP contribution in [0.4, 0.5) is 11.4 Å². The molecule has 0 bridgehead atoms. The van der Waals surface area contributed by atoms with Crippen LogP contribution in [0.25, 0.3) is 0 Å². The number of amides is 2. The molecule has 0 saturated heterocycles. The summed E-state index contributed by atoms with van der Waals surface area (Å²) in [5, 5.41) is 5.31. The number of benzene rings is 1. The number of sulfonamides is 1. The van der Waals surface area contributed by atoms with Crippen molar-refractivity contribution in [2.45, 2.75) is 39.0 Å². The minimum Gasteiger partial charge on any atom is -0.355 e. The van der Waals surface area contributed by atoms with Crippen LogP contribution in [0.3, 0.4) is 0 Å². The molecule has 25 heavy (non-hydrogen) atoms. The molecule has 1 aromatic rings. The first-order valence-electron chi connectivity index (χ1n) is 8.51. The molecule has 1 saturated carbocycles. The van der Waals surface area contributed by atoms with E-state index in [4.69, 9.17) is 0 Å². The Morgan fingerprint density at radius 3 is 2.48 bits per heavy atom. The van der Waals surface area contributed by atoms with E-state index in [0.29, 0.717) is 11.4 Å². The van der Waals surface area contributed by atoms with Crippen LogP contribution in [0.5, 0.6) is 0 Å². The number of nitrogens with one attached hydrogen (secondary N) is 3. The summed E-state index contributed by atoms with van der Waals surface area (Å²) in [7, 11) is -3.58. The van der Waals surface area contributed by atoms with Crippen LogP contribution in [-0.4, -0.2) is 32.5 Å². The summed E-state index contributed by atoms with van der Waals surface area (Å²) in [5.41, 5.74) is 0.878. The molecule has 0 heterocycles. The Kier molecular flexibility index (Phi) is 6.81. The zero-order valence-electron chi connectivity index (χ0n) is 14.4. The molecule has 0 aliphatic heterocycles. The molecule has 138 valence electrons. The first kappa shape index (κ1) is 19.2. The first-order valence-corrected chi connectivity index (χ1v) is 10.2. The van der Waals surface area contributed by atoms with Gasteiger partial charge in [0.2, 0.25) is 21.8 Å². The second kappa shape index (κ2) is 8.84. The Labute approximate surface area is 148 Å². The van der Waals surface area contributed by atoms with Gasteiger partial charge < -0.3 is 10.6 Å². The zero-order valence-corrected chi connectivity index (χ0v) is 15.2. The fourth-order valence-electron chi connectivity index (χ4n) is 2.91. The quantitative estimate of drug-likeness (QED) is 0.686. The summed E-state index contributed by atoms with van der Waals surface area (Å²) in [6.07, 6.45) is 5.05. The summed E-state index contributed by atoms with van der Waals surface area (Å²) in [6.45, 7) is 1.46. The van der Waals surface area contributed by atoms with Crippen molar-refractivity contribution in [3.63, 3.8) is 0 Å². The molecule has 0 radical (unpaired) electrons. The standard InChI is InChI=1S/C17H25N3O4S/c1-13(21)19-15-8-5-9-16(12-15)20-25(23,24)11-10-18-17(22)14-6-3-2-4-7-14/h5,8-9,12,14,20H,2-4,6-7,10-11H2,1H3,(H,18,22)(H,19,21).